The standard InChI is InChI=1S/C13H23NO2/c1-10(15)7-9-14-8-3-5-12(14)11-4-2-6-13(11)16/h10-12,15H,2-9H2,1H3. The average molecular weight is 225 g/mol. The Morgan fingerprint density at radius 3 is 2.88 bits per heavy atom. The van der Waals surface area contributed by atoms with Gasteiger partial charge in [-0.25, -0.2) is 0 Å². The van der Waals surface area contributed by atoms with Gasteiger partial charge in [0.15, 0.2) is 0 Å². The molecule has 3 atom stereocenters. The molecule has 0 aromatic carbocycles. The summed E-state index contributed by atoms with van der Waals surface area (Å²) in [5, 5.41) is 9.32. The van der Waals surface area contributed by atoms with Crippen molar-refractivity contribution in [3.8, 4) is 0 Å². The summed E-state index contributed by atoms with van der Waals surface area (Å²) >= 11 is 0. The van der Waals surface area contributed by atoms with Gasteiger partial charge >= 0.3 is 0 Å². The molecule has 1 aliphatic heterocycles. The van der Waals surface area contributed by atoms with Crippen molar-refractivity contribution in [3.05, 3.63) is 0 Å². The van der Waals surface area contributed by atoms with Crippen molar-refractivity contribution in [1.82, 2.24) is 4.90 Å². The number of aliphatic hydroxyl groups is 1. The predicted octanol–water partition coefficient (Wildman–Crippen LogP) is 1.59. The second-order valence-corrected chi connectivity index (χ2v) is 5.35. The third kappa shape index (κ3) is 2.64. The Balaban J connectivity index is 1.89. The lowest BCUT2D eigenvalue weighted by molar-refractivity contribution is -0.122. The van der Waals surface area contributed by atoms with Crippen LogP contribution in [-0.2, 0) is 4.79 Å². The molecule has 1 saturated carbocycles. The lowest BCUT2D eigenvalue weighted by Crippen LogP contribution is -2.38. The maximum absolute atomic E-state index is 11.8. The first kappa shape index (κ1) is 12.1. The molecule has 2 rings (SSSR count). The van der Waals surface area contributed by atoms with Crippen molar-refractivity contribution < 1.29 is 9.90 Å². The highest BCUT2D eigenvalue weighted by molar-refractivity contribution is 5.83. The highest BCUT2D eigenvalue weighted by atomic mass is 16.3. The third-order valence-electron chi connectivity index (χ3n) is 4.06. The number of likely N-dealkylation sites (tertiary alicyclic amines) is 1. The van der Waals surface area contributed by atoms with Crippen LogP contribution in [0.2, 0.25) is 0 Å². The maximum Gasteiger partial charge on any atom is 0.137 e. The summed E-state index contributed by atoms with van der Waals surface area (Å²) in [6, 6.07) is 0.480. The number of Topliss-reactive ketones (excluding diaryl/α,β-unsaturated/α-hetero) is 1. The van der Waals surface area contributed by atoms with Crippen molar-refractivity contribution in [3.63, 3.8) is 0 Å². The van der Waals surface area contributed by atoms with Crippen LogP contribution in [0.25, 0.3) is 0 Å². The summed E-state index contributed by atoms with van der Waals surface area (Å²) in [5.74, 6) is 0.783. The summed E-state index contributed by atoms with van der Waals surface area (Å²) < 4.78 is 0. The van der Waals surface area contributed by atoms with Crippen molar-refractivity contribution >= 4 is 5.78 Å². The Hall–Kier alpha value is -0.410. The van der Waals surface area contributed by atoms with Crippen LogP contribution >= 0.6 is 0 Å². The summed E-state index contributed by atoms with van der Waals surface area (Å²) in [4.78, 5) is 14.2. The van der Waals surface area contributed by atoms with E-state index in [1.54, 1.807) is 0 Å². The average Bonchev–Trinajstić information content (AvgIpc) is 2.82. The van der Waals surface area contributed by atoms with Crippen LogP contribution in [0, 0.1) is 5.92 Å². The van der Waals surface area contributed by atoms with Crippen molar-refractivity contribution in [2.24, 2.45) is 5.92 Å². The second-order valence-electron chi connectivity index (χ2n) is 5.35. The van der Waals surface area contributed by atoms with Gasteiger partial charge in [-0.15, -0.1) is 0 Å². The van der Waals surface area contributed by atoms with E-state index in [1.165, 1.54) is 12.8 Å². The van der Waals surface area contributed by atoms with E-state index < -0.39 is 0 Å². The summed E-state index contributed by atoms with van der Waals surface area (Å²) in [7, 11) is 0. The van der Waals surface area contributed by atoms with Crippen LogP contribution < -0.4 is 0 Å². The molecule has 92 valence electrons. The molecule has 16 heavy (non-hydrogen) atoms. The van der Waals surface area contributed by atoms with E-state index in [2.05, 4.69) is 4.90 Å². The number of nitrogens with zero attached hydrogens (tertiary/aromatic N) is 1. The Morgan fingerprint density at radius 1 is 1.44 bits per heavy atom. The molecule has 0 aromatic rings. The van der Waals surface area contributed by atoms with Gasteiger partial charge < -0.3 is 5.11 Å². The number of hydrogen-bond acceptors (Lipinski definition) is 3. The number of rotatable bonds is 4. The van der Waals surface area contributed by atoms with E-state index in [0.29, 0.717) is 17.7 Å². The van der Waals surface area contributed by atoms with Crippen LogP contribution in [0.5, 0.6) is 0 Å². The first-order chi connectivity index (χ1) is 7.68. The zero-order valence-corrected chi connectivity index (χ0v) is 10.2. The molecule has 1 heterocycles. The Bertz CT molecular complexity index is 252. The fourth-order valence-corrected chi connectivity index (χ4v) is 3.19. The zero-order chi connectivity index (χ0) is 11.5. The van der Waals surface area contributed by atoms with E-state index in [-0.39, 0.29) is 6.10 Å². The number of ketones is 1. The molecule has 0 bridgehead atoms. The Labute approximate surface area is 97.8 Å². The molecular weight excluding hydrogens is 202 g/mol. The van der Waals surface area contributed by atoms with Crippen LogP contribution in [0.1, 0.15) is 45.4 Å². The lowest BCUT2D eigenvalue weighted by Gasteiger charge is -2.28. The van der Waals surface area contributed by atoms with Gasteiger partial charge in [0.05, 0.1) is 6.10 Å². The van der Waals surface area contributed by atoms with Crippen molar-refractivity contribution in [1.29, 1.82) is 0 Å². The molecule has 0 aromatic heterocycles. The number of carbonyl (C=O) groups excluding carboxylic acids is 1. The predicted molar refractivity (Wildman–Crippen MR) is 63.2 cm³/mol. The monoisotopic (exact) mass is 225 g/mol. The van der Waals surface area contributed by atoms with Gasteiger partial charge in [-0.2, -0.15) is 0 Å². The largest absolute Gasteiger partial charge is 0.393 e. The van der Waals surface area contributed by atoms with Gasteiger partial charge in [-0.05, 0) is 45.6 Å². The zero-order valence-electron chi connectivity index (χ0n) is 10.2. The summed E-state index contributed by atoms with van der Waals surface area (Å²) in [5.41, 5.74) is 0. The molecule has 0 radical (unpaired) electrons. The van der Waals surface area contributed by atoms with Crippen molar-refractivity contribution in [2.75, 3.05) is 13.1 Å². The maximum atomic E-state index is 11.8. The minimum absolute atomic E-state index is 0.222. The molecule has 1 saturated heterocycles. The summed E-state index contributed by atoms with van der Waals surface area (Å²) in [6.45, 7) is 3.90. The van der Waals surface area contributed by atoms with Crippen LogP contribution in [0.3, 0.4) is 0 Å². The van der Waals surface area contributed by atoms with Gasteiger partial charge in [-0.3, -0.25) is 9.69 Å². The number of hydrogen-bond donors (Lipinski definition) is 1. The highest BCUT2D eigenvalue weighted by Crippen LogP contribution is 2.33. The second kappa shape index (κ2) is 5.28. The van der Waals surface area contributed by atoms with E-state index >= 15 is 0 Å². The van der Waals surface area contributed by atoms with Crippen LogP contribution in [0.4, 0.5) is 0 Å². The Morgan fingerprint density at radius 2 is 2.25 bits per heavy atom. The molecular formula is C13H23NO2. The number of carbonyl (C=O) groups is 1. The van der Waals surface area contributed by atoms with E-state index in [9.17, 15) is 9.90 Å². The topological polar surface area (TPSA) is 40.5 Å². The molecule has 0 amide bonds. The van der Waals surface area contributed by atoms with Gasteiger partial charge in [0.25, 0.3) is 0 Å². The molecule has 3 unspecified atom stereocenters. The third-order valence-corrected chi connectivity index (χ3v) is 4.06. The van der Waals surface area contributed by atoms with Gasteiger partial charge in [0.1, 0.15) is 5.78 Å². The van der Waals surface area contributed by atoms with Gasteiger partial charge in [-0.1, -0.05) is 0 Å². The highest BCUT2D eigenvalue weighted by Gasteiger charge is 2.37. The lowest BCUT2D eigenvalue weighted by atomic mass is 9.95. The SMILES string of the molecule is CC(O)CCN1CCCC1C1CCCC1=O. The molecule has 1 aliphatic carbocycles. The number of aliphatic hydroxyl groups excluding tert-OH is 1. The minimum Gasteiger partial charge on any atom is -0.393 e. The normalized spacial score (nSPS) is 33.5. The van der Waals surface area contributed by atoms with Gasteiger partial charge in [0.2, 0.25) is 0 Å². The quantitative estimate of drug-likeness (QED) is 0.790. The Kier molecular flexibility index (Phi) is 3.98. The molecule has 1 N–H and O–H groups in total. The first-order valence-corrected chi connectivity index (χ1v) is 6.63. The fraction of sp³-hybridized carbons (Fsp3) is 0.923. The molecule has 3 nitrogen and oxygen atoms in total. The van der Waals surface area contributed by atoms with E-state index in [4.69, 9.17) is 0 Å². The molecule has 2 fully saturated rings. The van der Waals surface area contributed by atoms with Crippen LogP contribution in [0.15, 0.2) is 0 Å². The molecule has 2 aliphatic rings. The van der Waals surface area contributed by atoms with E-state index in [0.717, 1.165) is 38.8 Å². The first-order valence-electron chi connectivity index (χ1n) is 6.63. The fourth-order valence-electron chi connectivity index (χ4n) is 3.19. The van der Waals surface area contributed by atoms with Crippen LogP contribution in [-0.4, -0.2) is 41.0 Å². The van der Waals surface area contributed by atoms with Gasteiger partial charge in [0, 0.05) is 24.9 Å². The smallest absolute Gasteiger partial charge is 0.137 e. The minimum atomic E-state index is -0.222. The van der Waals surface area contributed by atoms with Crippen molar-refractivity contribution in [2.45, 2.75) is 57.6 Å². The van der Waals surface area contributed by atoms with E-state index in [1.807, 2.05) is 6.92 Å². The molecule has 0 spiro atoms. The molecule has 3 heteroatoms. The summed E-state index contributed by atoms with van der Waals surface area (Å²) in [6.07, 6.45) is 5.98.